The van der Waals surface area contributed by atoms with Gasteiger partial charge in [-0.15, -0.1) is 0 Å². The van der Waals surface area contributed by atoms with Gasteiger partial charge >= 0.3 is 5.97 Å². The molecular formula is C11H10FNO3. The summed E-state index contributed by atoms with van der Waals surface area (Å²) in [6.45, 7) is 3.45. The molecule has 0 saturated heterocycles. The van der Waals surface area contributed by atoms with Crippen LogP contribution in [0, 0.1) is 5.82 Å². The lowest BCUT2D eigenvalue weighted by molar-refractivity contribution is -0.105. The number of rotatable bonds is 5. The molecule has 0 bridgehead atoms. The van der Waals surface area contributed by atoms with Crippen LogP contribution in [-0.4, -0.2) is 19.0 Å². The highest BCUT2D eigenvalue weighted by atomic mass is 19.1. The highest BCUT2D eigenvalue weighted by molar-refractivity contribution is 5.90. The van der Waals surface area contributed by atoms with Crippen molar-refractivity contribution in [3.8, 4) is 0 Å². The Bertz CT molecular complexity index is 418. The summed E-state index contributed by atoms with van der Waals surface area (Å²) in [5.74, 6) is -1.34. The second-order valence-electron chi connectivity index (χ2n) is 2.84. The van der Waals surface area contributed by atoms with Crippen molar-refractivity contribution in [3.05, 3.63) is 42.2 Å². The van der Waals surface area contributed by atoms with E-state index < -0.39 is 11.8 Å². The zero-order valence-corrected chi connectivity index (χ0v) is 8.40. The Morgan fingerprint density at radius 3 is 2.88 bits per heavy atom. The lowest BCUT2D eigenvalue weighted by atomic mass is 10.2. The van der Waals surface area contributed by atoms with Gasteiger partial charge in [-0.2, -0.15) is 0 Å². The maximum Gasteiger partial charge on any atom is 0.338 e. The van der Waals surface area contributed by atoms with Crippen molar-refractivity contribution in [2.75, 3.05) is 11.9 Å². The van der Waals surface area contributed by atoms with Crippen LogP contribution in [0.15, 0.2) is 30.9 Å². The van der Waals surface area contributed by atoms with E-state index in [0.717, 1.165) is 6.07 Å². The Kier molecular flexibility index (Phi) is 4.20. The van der Waals surface area contributed by atoms with Crippen molar-refractivity contribution in [3.63, 3.8) is 0 Å². The highest BCUT2D eigenvalue weighted by Crippen LogP contribution is 2.15. The molecule has 0 atom stereocenters. The third kappa shape index (κ3) is 2.91. The van der Waals surface area contributed by atoms with Gasteiger partial charge in [-0.1, -0.05) is 12.7 Å². The number of carbonyl (C=O) groups excluding carboxylic acids is 2. The van der Waals surface area contributed by atoms with Crippen LogP contribution in [0.25, 0.3) is 0 Å². The standard InChI is InChI=1S/C11H10FNO3/c1-2-5-16-11(15)8-3-4-10(13-7-14)9(12)6-8/h2-4,6-7H,1,5H2,(H,13,14). The molecule has 0 saturated carbocycles. The number of amides is 1. The summed E-state index contributed by atoms with van der Waals surface area (Å²) >= 11 is 0. The molecule has 0 aliphatic heterocycles. The van der Waals surface area contributed by atoms with Gasteiger partial charge < -0.3 is 10.1 Å². The molecule has 1 aromatic rings. The summed E-state index contributed by atoms with van der Waals surface area (Å²) in [6.07, 6.45) is 1.77. The molecular weight excluding hydrogens is 213 g/mol. The smallest absolute Gasteiger partial charge is 0.338 e. The molecule has 4 nitrogen and oxygen atoms in total. The van der Waals surface area contributed by atoms with Gasteiger partial charge in [-0.3, -0.25) is 4.79 Å². The van der Waals surface area contributed by atoms with E-state index in [2.05, 4.69) is 11.9 Å². The van der Waals surface area contributed by atoms with Crippen LogP contribution in [-0.2, 0) is 9.53 Å². The average molecular weight is 223 g/mol. The number of hydrogen-bond acceptors (Lipinski definition) is 3. The third-order valence-corrected chi connectivity index (χ3v) is 1.75. The van der Waals surface area contributed by atoms with Crippen molar-refractivity contribution >= 4 is 18.1 Å². The lowest BCUT2D eigenvalue weighted by Crippen LogP contribution is -2.06. The van der Waals surface area contributed by atoms with Crippen LogP contribution in [0.4, 0.5) is 10.1 Å². The second-order valence-corrected chi connectivity index (χ2v) is 2.84. The highest BCUT2D eigenvalue weighted by Gasteiger charge is 2.09. The van der Waals surface area contributed by atoms with Gasteiger partial charge in [-0.05, 0) is 18.2 Å². The maximum absolute atomic E-state index is 13.3. The minimum atomic E-state index is -0.694. The molecule has 16 heavy (non-hydrogen) atoms. The number of halogens is 1. The molecule has 0 heterocycles. The maximum atomic E-state index is 13.3. The minimum Gasteiger partial charge on any atom is -0.458 e. The van der Waals surface area contributed by atoms with E-state index in [1.165, 1.54) is 18.2 Å². The van der Waals surface area contributed by atoms with Gasteiger partial charge in [0.1, 0.15) is 12.4 Å². The van der Waals surface area contributed by atoms with Crippen molar-refractivity contribution < 1.29 is 18.7 Å². The largest absolute Gasteiger partial charge is 0.458 e. The Balaban J connectivity index is 2.83. The first-order valence-electron chi connectivity index (χ1n) is 4.46. The molecule has 0 unspecified atom stereocenters. The fraction of sp³-hybridized carbons (Fsp3) is 0.0909. The Morgan fingerprint density at radius 2 is 2.31 bits per heavy atom. The van der Waals surface area contributed by atoms with Gasteiger partial charge in [0.15, 0.2) is 0 Å². The van der Waals surface area contributed by atoms with E-state index in [1.54, 1.807) is 0 Å². The second kappa shape index (κ2) is 5.65. The first-order chi connectivity index (χ1) is 7.69. The number of esters is 1. The van der Waals surface area contributed by atoms with E-state index in [9.17, 15) is 14.0 Å². The summed E-state index contributed by atoms with van der Waals surface area (Å²) in [6, 6.07) is 3.64. The predicted octanol–water partition coefficient (Wildman–Crippen LogP) is 1.74. The third-order valence-electron chi connectivity index (χ3n) is 1.75. The van der Waals surface area contributed by atoms with Crippen LogP contribution >= 0.6 is 0 Å². The molecule has 1 N–H and O–H groups in total. The minimum absolute atomic E-state index is 0.00951. The summed E-state index contributed by atoms with van der Waals surface area (Å²) in [7, 11) is 0. The van der Waals surface area contributed by atoms with E-state index in [-0.39, 0.29) is 17.9 Å². The van der Waals surface area contributed by atoms with Crippen LogP contribution in [0.2, 0.25) is 0 Å². The van der Waals surface area contributed by atoms with Crippen LogP contribution in [0.3, 0.4) is 0 Å². The zero-order valence-electron chi connectivity index (χ0n) is 8.40. The number of anilines is 1. The van der Waals surface area contributed by atoms with Gasteiger partial charge in [-0.25, -0.2) is 9.18 Å². The Morgan fingerprint density at radius 1 is 1.56 bits per heavy atom. The molecule has 0 radical (unpaired) electrons. The molecule has 84 valence electrons. The topological polar surface area (TPSA) is 55.4 Å². The van der Waals surface area contributed by atoms with E-state index >= 15 is 0 Å². The van der Waals surface area contributed by atoms with E-state index in [4.69, 9.17) is 4.74 Å². The summed E-state index contributed by atoms with van der Waals surface area (Å²) in [4.78, 5) is 21.4. The van der Waals surface area contributed by atoms with Crippen molar-refractivity contribution in [2.45, 2.75) is 0 Å². The molecule has 0 aliphatic rings. The molecule has 5 heteroatoms. The van der Waals surface area contributed by atoms with Crippen LogP contribution in [0.5, 0.6) is 0 Å². The number of benzene rings is 1. The van der Waals surface area contributed by atoms with Crippen molar-refractivity contribution in [2.24, 2.45) is 0 Å². The van der Waals surface area contributed by atoms with Gasteiger partial charge in [0.2, 0.25) is 6.41 Å². The molecule has 0 aliphatic carbocycles. The monoisotopic (exact) mass is 223 g/mol. The van der Waals surface area contributed by atoms with Gasteiger partial charge in [0.05, 0.1) is 11.3 Å². The number of nitrogens with one attached hydrogen (secondary N) is 1. The zero-order chi connectivity index (χ0) is 12.0. The molecule has 1 amide bonds. The van der Waals surface area contributed by atoms with Crippen LogP contribution in [0.1, 0.15) is 10.4 Å². The fourth-order valence-corrected chi connectivity index (χ4v) is 1.04. The Hall–Kier alpha value is -2.17. The molecule has 0 aromatic heterocycles. The fourth-order valence-electron chi connectivity index (χ4n) is 1.04. The molecule has 1 aromatic carbocycles. The normalized spacial score (nSPS) is 9.31. The predicted molar refractivity (Wildman–Crippen MR) is 56.6 cm³/mol. The number of ether oxygens (including phenoxy) is 1. The number of hydrogen-bond donors (Lipinski definition) is 1. The van der Waals surface area contributed by atoms with Crippen molar-refractivity contribution in [1.29, 1.82) is 0 Å². The molecule has 0 fully saturated rings. The first kappa shape index (κ1) is 11.9. The molecule has 1 rings (SSSR count). The van der Waals surface area contributed by atoms with Gasteiger partial charge in [0.25, 0.3) is 0 Å². The van der Waals surface area contributed by atoms with Gasteiger partial charge in [0, 0.05) is 0 Å². The van der Waals surface area contributed by atoms with Crippen LogP contribution < -0.4 is 5.32 Å². The number of carbonyl (C=O) groups is 2. The quantitative estimate of drug-likeness (QED) is 0.470. The lowest BCUT2D eigenvalue weighted by Gasteiger charge is -2.04. The van der Waals surface area contributed by atoms with E-state index in [1.807, 2.05) is 0 Å². The average Bonchev–Trinajstić information content (AvgIpc) is 2.29. The van der Waals surface area contributed by atoms with Crippen molar-refractivity contribution in [1.82, 2.24) is 0 Å². The summed E-state index contributed by atoms with van der Waals surface area (Å²) in [5.41, 5.74) is 0.0890. The Labute approximate surface area is 91.7 Å². The summed E-state index contributed by atoms with van der Waals surface area (Å²) in [5, 5.41) is 2.16. The van der Waals surface area contributed by atoms with E-state index in [0.29, 0.717) is 6.41 Å². The summed E-state index contributed by atoms with van der Waals surface area (Å²) < 4.78 is 18.0. The molecule has 0 spiro atoms. The first-order valence-corrected chi connectivity index (χ1v) is 4.46. The SMILES string of the molecule is C=CCOC(=O)c1ccc(NC=O)c(F)c1.